The van der Waals surface area contributed by atoms with Gasteiger partial charge in [0.15, 0.2) is 9.79 Å². The Labute approximate surface area is 333 Å². The summed E-state index contributed by atoms with van der Waals surface area (Å²) in [6.07, 6.45) is 7.59. The molecule has 0 aromatic heterocycles. The third-order valence-corrected chi connectivity index (χ3v) is 11.5. The second-order valence-corrected chi connectivity index (χ2v) is 18.0. The molecule has 0 aliphatic heterocycles. The molecule has 0 aliphatic carbocycles. The van der Waals surface area contributed by atoms with Crippen molar-refractivity contribution in [3.63, 3.8) is 0 Å². The number of sulfonamides is 1. The van der Waals surface area contributed by atoms with Gasteiger partial charge < -0.3 is 15.6 Å². The monoisotopic (exact) mass is 831 g/mol. The highest BCUT2D eigenvalue weighted by molar-refractivity contribution is 7.96. The quantitative estimate of drug-likeness (QED) is 0.0967. The molecule has 53 heavy (non-hydrogen) atoms. The molecule has 13 heteroatoms. The van der Waals surface area contributed by atoms with Crippen LogP contribution in [0.1, 0.15) is 151 Å². The fourth-order valence-corrected chi connectivity index (χ4v) is 7.17. The first-order valence-corrected chi connectivity index (χ1v) is 24.3. The maximum absolute atomic E-state index is 12.8. The molecular weight excluding hydrogens is 754 g/mol. The van der Waals surface area contributed by atoms with Gasteiger partial charge in [-0.15, -0.1) is 0 Å². The largest absolute Gasteiger partial charge is 0.772 e. The Balaban J connectivity index is -0.000000136. The van der Waals surface area contributed by atoms with Crippen LogP contribution in [0.2, 0.25) is 0 Å². The Morgan fingerprint density at radius 1 is 0.755 bits per heavy atom. The van der Waals surface area contributed by atoms with E-state index >= 15 is 0 Å². The molecule has 318 valence electrons. The van der Waals surface area contributed by atoms with E-state index in [1.54, 1.807) is 19.8 Å². The summed E-state index contributed by atoms with van der Waals surface area (Å²) in [6.45, 7) is 29.4. The van der Waals surface area contributed by atoms with E-state index in [0.29, 0.717) is 18.6 Å². The summed E-state index contributed by atoms with van der Waals surface area (Å²) >= 11 is -1.82. The minimum atomic E-state index is -4.53. The Morgan fingerprint density at radius 3 is 1.19 bits per heavy atom. The van der Waals surface area contributed by atoms with Gasteiger partial charge in [0.1, 0.15) is 6.26 Å². The summed E-state index contributed by atoms with van der Waals surface area (Å²) < 4.78 is 80.5. The molecule has 0 spiro atoms. The summed E-state index contributed by atoms with van der Waals surface area (Å²) in [5, 5.41) is 3.82. The maximum atomic E-state index is 12.8. The Bertz CT molecular complexity index is 1300. The average Bonchev–Trinajstić information content (AvgIpc) is 3.03. The van der Waals surface area contributed by atoms with E-state index in [0.717, 1.165) is 13.3 Å². The van der Waals surface area contributed by atoms with Crippen LogP contribution in [0, 0.1) is 33.6 Å². The highest BCUT2D eigenvalue weighted by Crippen LogP contribution is 2.25. The van der Waals surface area contributed by atoms with Crippen molar-refractivity contribution < 1.29 is 34.5 Å². The van der Waals surface area contributed by atoms with Crippen molar-refractivity contribution >= 4 is 42.1 Å². The van der Waals surface area contributed by atoms with Crippen LogP contribution < -0.4 is 0 Å². The average molecular weight is 832 g/mol. The van der Waals surface area contributed by atoms with E-state index in [9.17, 15) is 30.0 Å². The minimum Gasteiger partial charge on any atom is -0.772 e. The second-order valence-electron chi connectivity index (χ2n) is 11.6. The number of rotatable bonds is 12. The molecule has 2 N–H and O–H groups in total. The van der Waals surface area contributed by atoms with Crippen LogP contribution in [-0.2, 0) is 42.1 Å². The number of hydrogen-bond acceptors (Lipinski definition) is 6. The Hall–Kier alpha value is -1.35. The molecule has 0 saturated carbocycles. The molecule has 0 radical (unpaired) electrons. The van der Waals surface area contributed by atoms with Gasteiger partial charge in [0, 0.05) is 11.5 Å². The number of aryl methyl sites for hydroxylation is 4. The normalized spacial score (nSPS) is 12.0. The van der Waals surface area contributed by atoms with Gasteiger partial charge in [0.2, 0.25) is 5.00 Å². The lowest BCUT2D eigenvalue weighted by molar-refractivity contribution is 0.250. The third kappa shape index (κ3) is 37.4. The lowest BCUT2D eigenvalue weighted by Gasteiger charge is -2.22. The highest BCUT2D eigenvalue weighted by atomic mass is 32.2. The maximum Gasteiger partial charge on any atom is 0.300 e. The molecule has 2 aromatic rings. The number of alkyl halides is 1. The standard InChI is InChI=1S/C17H21S.C7H15.C5H11FO3S.C3H8NO2S.C3H8O2S.2C2H6.CH4/c1-12-6-13(2)9-16(8-12)18(5)17-10-14(3)7-15(4)11-17;1-4-7(5-2)6-3;1-3-4-5(2,6)10(7,8)9;1-2-3-7(4,5)6;1-2-3-6(4)5;2*1-2;/h6-11H,1-5H3;4-6H2,1-3H3;3-4H2,1-2H3,(H,7,8,9);2-3H2,1H3,(H-,4,5,6);2-3H2,1H3,(H,4,5);2*1-2H3;1H4/q+1;-1;;-1;;;;/p-1. The summed E-state index contributed by atoms with van der Waals surface area (Å²) in [4.78, 5) is 2.88. The van der Waals surface area contributed by atoms with E-state index in [2.05, 4.69) is 91.1 Å². The molecule has 2 atom stereocenters. The van der Waals surface area contributed by atoms with Crippen LogP contribution in [0.15, 0.2) is 46.2 Å². The molecule has 8 nitrogen and oxygen atoms in total. The molecule has 0 bridgehead atoms. The van der Waals surface area contributed by atoms with E-state index in [1.165, 1.54) is 51.3 Å². The van der Waals surface area contributed by atoms with Crippen molar-refractivity contribution in [2.75, 3.05) is 17.8 Å². The molecule has 0 heterocycles. The van der Waals surface area contributed by atoms with Crippen molar-refractivity contribution in [2.24, 2.45) is 0 Å². The van der Waals surface area contributed by atoms with E-state index in [1.807, 2.05) is 34.6 Å². The molecule has 2 rings (SSSR count). The Kier molecular flexibility index (Phi) is 43.5. The first kappa shape index (κ1) is 63.6. The van der Waals surface area contributed by atoms with E-state index in [4.69, 9.17) is 9.69 Å². The van der Waals surface area contributed by atoms with E-state index in [-0.39, 0.29) is 30.5 Å². The number of nitrogens with one attached hydrogen (secondary N) is 1. The molecule has 0 fully saturated rings. The lowest BCUT2D eigenvalue weighted by atomic mass is 10.0. The zero-order valence-corrected chi connectivity index (χ0v) is 38.5. The fraction of sp³-hybridized carbons (Fsp3) is 0.675. The lowest BCUT2D eigenvalue weighted by Crippen LogP contribution is -2.29. The van der Waals surface area contributed by atoms with Crippen LogP contribution in [-0.4, -0.2) is 52.9 Å². The van der Waals surface area contributed by atoms with Gasteiger partial charge in [-0.3, -0.25) is 8.76 Å². The van der Waals surface area contributed by atoms with Crippen molar-refractivity contribution in [1.82, 2.24) is 0 Å². The smallest absolute Gasteiger partial charge is 0.300 e. The molecule has 2 unspecified atom stereocenters. The van der Waals surface area contributed by atoms with Crippen molar-refractivity contribution in [2.45, 2.75) is 171 Å². The van der Waals surface area contributed by atoms with Gasteiger partial charge in [-0.1, -0.05) is 106 Å². The topological polar surface area (TPSA) is 152 Å². The van der Waals surface area contributed by atoms with Crippen LogP contribution in [0.4, 0.5) is 4.39 Å². The molecule has 0 aliphatic rings. The van der Waals surface area contributed by atoms with Crippen LogP contribution in [0.25, 0.3) is 5.14 Å². The van der Waals surface area contributed by atoms with Crippen molar-refractivity contribution in [1.29, 1.82) is 0 Å². The van der Waals surface area contributed by atoms with Crippen molar-refractivity contribution in [3.8, 4) is 0 Å². The zero-order chi connectivity index (χ0) is 42.3. The Morgan fingerprint density at radius 2 is 1.08 bits per heavy atom. The van der Waals surface area contributed by atoms with Gasteiger partial charge >= 0.3 is 0 Å². The van der Waals surface area contributed by atoms with Crippen LogP contribution >= 0.6 is 0 Å². The zero-order valence-electron chi connectivity index (χ0n) is 35.2. The first-order chi connectivity index (χ1) is 23.9. The molecular formula is C40H78FNO7S4-2. The van der Waals surface area contributed by atoms with Gasteiger partial charge in [-0.25, -0.2) is 12.8 Å². The molecule has 2 aromatic carbocycles. The second kappa shape index (κ2) is 36.3. The molecule has 0 saturated heterocycles. The fourth-order valence-electron chi connectivity index (χ4n) is 4.12. The van der Waals surface area contributed by atoms with Gasteiger partial charge in [0.25, 0.3) is 10.1 Å². The third-order valence-electron chi connectivity index (χ3n) is 6.68. The predicted octanol–water partition coefficient (Wildman–Crippen LogP) is 12.5. The van der Waals surface area contributed by atoms with Crippen molar-refractivity contribution in [3.05, 3.63) is 69.7 Å². The summed E-state index contributed by atoms with van der Waals surface area (Å²) in [7, 11) is -7.79. The van der Waals surface area contributed by atoms with Gasteiger partial charge in [-0.05, 0) is 100 Å². The SMILES string of the molecule is C.CC.CC.CCCC(C)(F)S(=O)(=O)O.CCCS(=O)[O-].CCCS([NH-])(=O)=O.CC[C-](CC)CC.Cc1cc(C)cc([S+](C)c2cc(C)cc(C)c2)c1. The van der Waals surface area contributed by atoms with E-state index < -0.39 is 36.2 Å². The van der Waals surface area contributed by atoms with Crippen LogP contribution in [0.3, 0.4) is 0 Å². The number of benzene rings is 2. The number of hydrogen-bond donors (Lipinski definition) is 1. The highest BCUT2D eigenvalue weighted by Gasteiger charge is 2.36. The predicted molar refractivity (Wildman–Crippen MR) is 234 cm³/mol. The van der Waals surface area contributed by atoms with Gasteiger partial charge in [-0.2, -0.15) is 27.7 Å². The van der Waals surface area contributed by atoms with Crippen LogP contribution in [0.5, 0.6) is 0 Å². The van der Waals surface area contributed by atoms with Gasteiger partial charge in [0.05, 0.1) is 20.9 Å². The molecule has 0 amide bonds. The summed E-state index contributed by atoms with van der Waals surface area (Å²) in [6, 6.07) is 13.7. The summed E-state index contributed by atoms with van der Waals surface area (Å²) in [5.41, 5.74) is 5.42. The first-order valence-electron chi connectivity index (χ1n) is 18.3. The number of halogens is 1. The minimum absolute atomic E-state index is 0. The summed E-state index contributed by atoms with van der Waals surface area (Å²) in [5.74, 6) is 1.95.